The third kappa shape index (κ3) is 3.13. The Hall–Kier alpha value is -1.11. The topological polar surface area (TPSA) is 47.3 Å². The van der Waals surface area contributed by atoms with E-state index in [1.807, 2.05) is 0 Å². The third-order valence-electron chi connectivity index (χ3n) is 3.80. The monoisotopic (exact) mass is 288 g/mol. The van der Waals surface area contributed by atoms with Gasteiger partial charge in [-0.1, -0.05) is 6.07 Å². The number of ether oxygens (including phenoxy) is 1. The molecule has 2 atom stereocenters. The van der Waals surface area contributed by atoms with Gasteiger partial charge in [-0.2, -0.15) is 13.2 Å². The Bertz CT molecular complexity index is 472. The van der Waals surface area contributed by atoms with Crippen molar-refractivity contribution >= 4 is 0 Å². The molecule has 2 unspecified atom stereocenters. The van der Waals surface area contributed by atoms with Crippen LogP contribution in [0.2, 0.25) is 0 Å². The molecule has 1 aliphatic rings. The molecule has 112 valence electrons. The van der Waals surface area contributed by atoms with E-state index in [1.54, 1.807) is 14.0 Å². The van der Waals surface area contributed by atoms with Crippen molar-refractivity contribution in [1.29, 1.82) is 0 Å². The van der Waals surface area contributed by atoms with E-state index < -0.39 is 11.7 Å². The number of hydrogen-bond donors (Lipinski definition) is 2. The van der Waals surface area contributed by atoms with Gasteiger partial charge in [0.15, 0.2) is 0 Å². The molecular formula is C14H19F3N2O. The minimum Gasteiger partial charge on any atom is -0.379 e. The molecule has 6 heteroatoms. The minimum atomic E-state index is -4.33. The van der Waals surface area contributed by atoms with Crippen molar-refractivity contribution in [2.45, 2.75) is 38.1 Å². The Kier molecular flexibility index (Phi) is 4.36. The average Bonchev–Trinajstić information content (AvgIpc) is 3.19. The third-order valence-corrected chi connectivity index (χ3v) is 3.80. The first kappa shape index (κ1) is 15.3. The zero-order valence-corrected chi connectivity index (χ0v) is 11.5. The zero-order valence-electron chi connectivity index (χ0n) is 11.5. The number of rotatable bonds is 5. The summed E-state index contributed by atoms with van der Waals surface area (Å²) in [5.74, 6) is 6.01. The van der Waals surface area contributed by atoms with Crippen LogP contribution in [0.4, 0.5) is 13.2 Å². The van der Waals surface area contributed by atoms with E-state index in [-0.39, 0.29) is 12.1 Å². The lowest BCUT2D eigenvalue weighted by atomic mass is 9.93. The van der Waals surface area contributed by atoms with Gasteiger partial charge >= 0.3 is 6.18 Å². The molecule has 20 heavy (non-hydrogen) atoms. The second kappa shape index (κ2) is 5.71. The predicted octanol–water partition coefficient (Wildman–Crippen LogP) is 2.94. The largest absolute Gasteiger partial charge is 0.416 e. The second-order valence-corrected chi connectivity index (χ2v) is 5.25. The van der Waals surface area contributed by atoms with Crippen LogP contribution in [0.1, 0.15) is 35.6 Å². The number of hydrazine groups is 1. The molecule has 1 aromatic rings. The summed E-state index contributed by atoms with van der Waals surface area (Å²) in [6.45, 7) is 1.66. The van der Waals surface area contributed by atoms with Gasteiger partial charge in [0.25, 0.3) is 0 Å². The second-order valence-electron chi connectivity index (χ2n) is 5.25. The van der Waals surface area contributed by atoms with E-state index in [9.17, 15) is 13.2 Å². The molecule has 0 amide bonds. The Labute approximate surface area is 116 Å². The van der Waals surface area contributed by atoms with Crippen LogP contribution in [0, 0.1) is 12.8 Å². The molecule has 1 saturated carbocycles. The van der Waals surface area contributed by atoms with Crippen LogP contribution in [0.15, 0.2) is 18.2 Å². The van der Waals surface area contributed by atoms with Crippen molar-refractivity contribution in [2.24, 2.45) is 11.8 Å². The molecule has 1 aliphatic carbocycles. The van der Waals surface area contributed by atoms with Crippen molar-refractivity contribution in [2.75, 3.05) is 7.11 Å². The van der Waals surface area contributed by atoms with E-state index >= 15 is 0 Å². The Morgan fingerprint density at radius 2 is 2.00 bits per heavy atom. The first-order chi connectivity index (χ1) is 9.38. The Morgan fingerprint density at radius 3 is 2.40 bits per heavy atom. The van der Waals surface area contributed by atoms with Gasteiger partial charge in [-0.15, -0.1) is 0 Å². The van der Waals surface area contributed by atoms with Gasteiger partial charge in [-0.3, -0.25) is 11.3 Å². The van der Waals surface area contributed by atoms with Crippen LogP contribution in [0.3, 0.4) is 0 Å². The van der Waals surface area contributed by atoms with E-state index in [4.69, 9.17) is 10.6 Å². The van der Waals surface area contributed by atoms with Crippen molar-refractivity contribution in [1.82, 2.24) is 5.43 Å². The summed E-state index contributed by atoms with van der Waals surface area (Å²) >= 11 is 0. The minimum absolute atomic E-state index is 0.115. The normalized spacial score (nSPS) is 18.9. The number of nitrogens with two attached hydrogens (primary N) is 1. The van der Waals surface area contributed by atoms with Gasteiger partial charge in [-0.25, -0.2) is 0 Å². The zero-order chi connectivity index (χ0) is 14.9. The molecule has 0 heterocycles. The summed E-state index contributed by atoms with van der Waals surface area (Å²) in [7, 11) is 1.60. The number of halogens is 3. The summed E-state index contributed by atoms with van der Waals surface area (Å²) in [4.78, 5) is 0. The number of aryl methyl sites for hydroxylation is 1. The summed E-state index contributed by atoms with van der Waals surface area (Å²) in [5.41, 5.74) is 3.35. The molecule has 1 aromatic carbocycles. The molecular weight excluding hydrogens is 269 g/mol. The average molecular weight is 288 g/mol. The molecule has 3 N–H and O–H groups in total. The Balaban J connectivity index is 2.30. The summed E-state index contributed by atoms with van der Waals surface area (Å²) in [5, 5.41) is 0. The van der Waals surface area contributed by atoms with Crippen molar-refractivity contribution < 1.29 is 17.9 Å². The molecule has 0 saturated heterocycles. The predicted molar refractivity (Wildman–Crippen MR) is 69.8 cm³/mol. The van der Waals surface area contributed by atoms with Crippen LogP contribution in [-0.2, 0) is 10.9 Å². The number of hydrogen-bond acceptors (Lipinski definition) is 3. The van der Waals surface area contributed by atoms with Gasteiger partial charge in [0.05, 0.1) is 17.7 Å². The highest BCUT2D eigenvalue weighted by Gasteiger charge is 2.38. The molecule has 1 fully saturated rings. The van der Waals surface area contributed by atoms with E-state index in [2.05, 4.69) is 5.43 Å². The fourth-order valence-corrected chi connectivity index (χ4v) is 2.59. The van der Waals surface area contributed by atoms with Crippen molar-refractivity contribution in [3.05, 3.63) is 34.9 Å². The van der Waals surface area contributed by atoms with Crippen LogP contribution in [0.25, 0.3) is 0 Å². The van der Waals surface area contributed by atoms with E-state index in [0.717, 1.165) is 30.5 Å². The standard InChI is InChI=1S/C14H19F3N2O/c1-8-7-10(14(15,16)17)5-6-11(8)12(19-18)13(20-2)9-3-4-9/h5-7,9,12-13,19H,3-4,18H2,1-2H3. The highest BCUT2D eigenvalue weighted by atomic mass is 19.4. The number of benzene rings is 1. The molecule has 0 spiro atoms. The molecule has 2 rings (SSSR count). The van der Waals surface area contributed by atoms with E-state index in [1.165, 1.54) is 6.07 Å². The van der Waals surface area contributed by atoms with Crippen molar-refractivity contribution in [3.8, 4) is 0 Å². The first-order valence-electron chi connectivity index (χ1n) is 6.55. The van der Waals surface area contributed by atoms with Crippen LogP contribution in [-0.4, -0.2) is 13.2 Å². The lowest BCUT2D eigenvalue weighted by Crippen LogP contribution is -2.39. The van der Waals surface area contributed by atoms with E-state index in [0.29, 0.717) is 11.5 Å². The Morgan fingerprint density at radius 1 is 1.35 bits per heavy atom. The number of alkyl halides is 3. The molecule has 0 bridgehead atoms. The van der Waals surface area contributed by atoms with Crippen LogP contribution in [0.5, 0.6) is 0 Å². The van der Waals surface area contributed by atoms with Gasteiger partial charge in [0, 0.05) is 7.11 Å². The van der Waals surface area contributed by atoms with Crippen molar-refractivity contribution in [3.63, 3.8) is 0 Å². The fourth-order valence-electron chi connectivity index (χ4n) is 2.59. The van der Waals surface area contributed by atoms with Gasteiger partial charge in [0.1, 0.15) is 0 Å². The van der Waals surface area contributed by atoms with Gasteiger partial charge in [-0.05, 0) is 48.9 Å². The number of nitrogens with one attached hydrogen (secondary N) is 1. The summed E-state index contributed by atoms with van der Waals surface area (Å²) < 4.78 is 43.5. The maximum Gasteiger partial charge on any atom is 0.416 e. The maximum atomic E-state index is 12.7. The highest BCUT2D eigenvalue weighted by molar-refractivity contribution is 5.35. The molecule has 0 aliphatic heterocycles. The molecule has 0 aromatic heterocycles. The summed E-state index contributed by atoms with van der Waals surface area (Å²) in [6, 6.07) is 3.43. The fraction of sp³-hybridized carbons (Fsp3) is 0.571. The maximum absolute atomic E-state index is 12.7. The van der Waals surface area contributed by atoms with Crippen LogP contribution >= 0.6 is 0 Å². The first-order valence-corrected chi connectivity index (χ1v) is 6.55. The smallest absolute Gasteiger partial charge is 0.379 e. The quantitative estimate of drug-likeness (QED) is 0.647. The molecule has 0 radical (unpaired) electrons. The lowest BCUT2D eigenvalue weighted by Gasteiger charge is -2.27. The summed E-state index contributed by atoms with van der Waals surface area (Å²) in [6.07, 6.45) is -2.31. The van der Waals surface area contributed by atoms with Crippen LogP contribution < -0.4 is 11.3 Å². The lowest BCUT2D eigenvalue weighted by molar-refractivity contribution is -0.137. The van der Waals surface area contributed by atoms with Gasteiger partial charge < -0.3 is 4.74 Å². The number of methoxy groups -OCH3 is 1. The SMILES string of the molecule is COC(C1CC1)C(NN)c1ccc(C(F)(F)F)cc1C. The van der Waals surface area contributed by atoms with Gasteiger partial charge in [0.2, 0.25) is 0 Å². The molecule has 3 nitrogen and oxygen atoms in total. The highest BCUT2D eigenvalue weighted by Crippen LogP contribution is 2.40.